The first-order chi connectivity index (χ1) is 16.3. The molecule has 3 N–H and O–H groups in total. The molecule has 1 aromatic carbocycles. The summed E-state index contributed by atoms with van der Waals surface area (Å²) in [5.74, 6) is -0.455. The molecular weight excluding hydrogens is 452 g/mol. The lowest BCUT2D eigenvalue weighted by molar-refractivity contribution is 0.0384. The Bertz CT molecular complexity index is 1130. The van der Waals surface area contributed by atoms with Crippen LogP contribution in [0.4, 0.5) is 0 Å². The zero-order chi connectivity index (χ0) is 24.7. The van der Waals surface area contributed by atoms with Gasteiger partial charge in [-0.2, -0.15) is 0 Å². The van der Waals surface area contributed by atoms with Crippen LogP contribution in [0.1, 0.15) is 84.8 Å². The third kappa shape index (κ3) is 6.61. The summed E-state index contributed by atoms with van der Waals surface area (Å²) in [6.07, 6.45) is 5.07. The second-order valence-electron chi connectivity index (χ2n) is 8.74. The minimum absolute atomic E-state index is 0.138. The number of aryl methyl sites for hydroxylation is 1. The van der Waals surface area contributed by atoms with Crippen molar-refractivity contribution in [3.8, 4) is 11.6 Å². The normalized spacial score (nSPS) is 12.3. The Hall–Kier alpha value is -2.84. The Balaban J connectivity index is 1.66. The van der Waals surface area contributed by atoms with Crippen LogP contribution in [0.2, 0.25) is 0 Å². The van der Waals surface area contributed by atoms with Crippen LogP contribution in [0.3, 0.4) is 0 Å². The summed E-state index contributed by atoms with van der Waals surface area (Å²) < 4.78 is 6.71. The number of thiophene rings is 1. The van der Waals surface area contributed by atoms with Crippen molar-refractivity contribution >= 4 is 17.3 Å². The van der Waals surface area contributed by atoms with Crippen LogP contribution in [-0.4, -0.2) is 31.8 Å². The van der Waals surface area contributed by atoms with E-state index < -0.39 is 11.8 Å². The lowest BCUT2D eigenvalue weighted by atomic mass is 10.0. The molecule has 0 bridgehead atoms. The van der Waals surface area contributed by atoms with Gasteiger partial charge in [-0.3, -0.25) is 9.55 Å². The summed E-state index contributed by atoms with van der Waals surface area (Å²) in [5.41, 5.74) is 1.56. The number of nitrogens with zero attached hydrogens (tertiary/aromatic N) is 1. The fraction of sp³-hybridized carbons (Fsp3) is 0.462. The number of rotatable bonds is 12. The van der Waals surface area contributed by atoms with E-state index in [1.807, 2.05) is 32.0 Å². The van der Waals surface area contributed by atoms with Gasteiger partial charge in [-0.1, -0.05) is 38.3 Å². The van der Waals surface area contributed by atoms with E-state index in [-0.39, 0.29) is 18.0 Å². The van der Waals surface area contributed by atoms with Gasteiger partial charge in [0.1, 0.15) is 4.88 Å². The number of hydrogen-bond donors (Lipinski definition) is 3. The van der Waals surface area contributed by atoms with Crippen molar-refractivity contribution in [1.82, 2.24) is 9.55 Å². The number of aromatic hydroxyl groups is 1. The van der Waals surface area contributed by atoms with E-state index in [9.17, 15) is 19.8 Å². The number of hydrogen-bond acceptors (Lipinski definition) is 6. The summed E-state index contributed by atoms with van der Waals surface area (Å²) in [4.78, 5) is 28.6. The maximum absolute atomic E-state index is 12.5. The largest absolute Gasteiger partial charge is 0.493 e. The molecule has 3 rings (SSSR count). The highest BCUT2D eigenvalue weighted by atomic mass is 32.1. The molecule has 7 nitrogen and oxygen atoms in total. The third-order valence-electron chi connectivity index (χ3n) is 5.63. The molecular formula is C26H34N2O5S. The number of aliphatic hydroxyl groups is 1. The number of aromatic amines is 1. The van der Waals surface area contributed by atoms with E-state index in [4.69, 9.17) is 4.74 Å². The number of unbranched alkanes of at least 4 members (excludes halogenated alkanes) is 2. The van der Waals surface area contributed by atoms with Gasteiger partial charge in [0, 0.05) is 4.88 Å². The summed E-state index contributed by atoms with van der Waals surface area (Å²) in [7, 11) is 0. The van der Waals surface area contributed by atoms with Gasteiger partial charge in [0.05, 0.1) is 23.6 Å². The predicted molar refractivity (Wildman–Crippen MR) is 134 cm³/mol. The average Bonchev–Trinajstić information content (AvgIpc) is 3.38. The minimum Gasteiger partial charge on any atom is -0.493 e. The number of carbonyl (C=O) groups is 1. The monoisotopic (exact) mass is 486 g/mol. The third-order valence-corrected chi connectivity index (χ3v) is 6.76. The smallest absolute Gasteiger partial charge is 0.348 e. The molecule has 0 spiro atoms. The quantitative estimate of drug-likeness (QED) is 0.238. The first-order valence-electron chi connectivity index (χ1n) is 11.9. The molecule has 8 heteroatoms. The van der Waals surface area contributed by atoms with Crippen molar-refractivity contribution in [3.05, 3.63) is 67.9 Å². The first-order valence-corrected chi connectivity index (χ1v) is 12.7. The lowest BCUT2D eigenvalue weighted by Gasteiger charge is -2.12. The van der Waals surface area contributed by atoms with E-state index in [2.05, 4.69) is 11.9 Å². The molecule has 0 aliphatic heterocycles. The summed E-state index contributed by atoms with van der Waals surface area (Å²) in [5, 5.41) is 20.7. The van der Waals surface area contributed by atoms with Crippen LogP contribution in [-0.2, 0) is 17.6 Å². The molecule has 0 amide bonds. The van der Waals surface area contributed by atoms with Crippen LogP contribution in [0.5, 0.6) is 5.88 Å². The molecule has 34 heavy (non-hydrogen) atoms. The van der Waals surface area contributed by atoms with E-state index in [1.54, 1.807) is 18.2 Å². The minimum atomic E-state index is -0.523. The molecule has 184 valence electrons. The number of carbonyl (C=O) groups excluding carboxylic acids is 1. The summed E-state index contributed by atoms with van der Waals surface area (Å²) in [6, 6.07) is 10.9. The van der Waals surface area contributed by atoms with Crippen molar-refractivity contribution in [1.29, 1.82) is 0 Å². The van der Waals surface area contributed by atoms with Gasteiger partial charge in [0.25, 0.3) is 0 Å². The van der Waals surface area contributed by atoms with Gasteiger partial charge in [-0.15, -0.1) is 11.3 Å². The van der Waals surface area contributed by atoms with Crippen molar-refractivity contribution < 1.29 is 19.7 Å². The maximum Gasteiger partial charge on any atom is 0.348 e. The van der Waals surface area contributed by atoms with Crippen LogP contribution in [0, 0.1) is 0 Å². The zero-order valence-corrected chi connectivity index (χ0v) is 20.9. The predicted octanol–water partition coefficient (Wildman–Crippen LogP) is 5.29. The summed E-state index contributed by atoms with van der Waals surface area (Å²) in [6.45, 7) is 5.77. The highest BCUT2D eigenvalue weighted by Gasteiger charge is 2.17. The molecule has 2 aromatic heterocycles. The van der Waals surface area contributed by atoms with Gasteiger partial charge >= 0.3 is 11.7 Å². The fourth-order valence-corrected chi connectivity index (χ4v) is 4.82. The molecule has 0 saturated heterocycles. The number of nitrogens with one attached hydrogen (secondary N) is 1. The number of imidazole rings is 1. The Morgan fingerprint density at radius 3 is 2.50 bits per heavy atom. The Kier molecular flexibility index (Phi) is 9.12. The number of H-pyrrole nitrogens is 1. The highest BCUT2D eigenvalue weighted by Crippen LogP contribution is 2.25. The topological polar surface area (TPSA) is 105 Å². The number of ether oxygens (including phenoxy) is 1. The number of benzene rings is 1. The fourth-order valence-electron chi connectivity index (χ4n) is 3.89. The SMILES string of the molecule is CCCCCC(O)c1ccc(-n2c(CCCc3ccc(C(=O)OC(C)C)s3)c(O)[nH]c2=O)cc1. The number of esters is 1. The Morgan fingerprint density at radius 1 is 1.09 bits per heavy atom. The van der Waals surface area contributed by atoms with Crippen molar-refractivity contribution in [2.24, 2.45) is 0 Å². The molecule has 0 radical (unpaired) electrons. The first kappa shape index (κ1) is 25.8. The molecule has 3 aromatic rings. The molecule has 1 atom stereocenters. The lowest BCUT2D eigenvalue weighted by Crippen LogP contribution is -2.17. The van der Waals surface area contributed by atoms with Crippen molar-refractivity contribution in [3.63, 3.8) is 0 Å². The maximum atomic E-state index is 12.5. The van der Waals surface area contributed by atoms with E-state index >= 15 is 0 Å². The van der Waals surface area contributed by atoms with Crippen LogP contribution >= 0.6 is 11.3 Å². The standard InChI is InChI=1S/C26H34N2O5S/c1-4-5-6-10-22(29)18-11-13-19(14-12-18)28-21(24(30)27-26(28)32)9-7-8-20-15-16-23(34-20)25(31)33-17(2)3/h11-17,22,29-30H,4-10H2,1-3H3,(H,27,32). The second-order valence-corrected chi connectivity index (χ2v) is 9.91. The molecule has 0 saturated carbocycles. The summed E-state index contributed by atoms with van der Waals surface area (Å²) >= 11 is 1.40. The van der Waals surface area contributed by atoms with Gasteiger partial charge in [0.2, 0.25) is 5.88 Å². The van der Waals surface area contributed by atoms with E-state index in [1.165, 1.54) is 15.9 Å². The van der Waals surface area contributed by atoms with Gasteiger partial charge in [-0.05, 0) is 69.4 Å². The average molecular weight is 487 g/mol. The molecule has 0 aliphatic carbocycles. The van der Waals surface area contributed by atoms with Gasteiger partial charge in [-0.25, -0.2) is 9.59 Å². The van der Waals surface area contributed by atoms with E-state index in [0.29, 0.717) is 41.9 Å². The van der Waals surface area contributed by atoms with Crippen LogP contribution in [0.15, 0.2) is 41.2 Å². The van der Waals surface area contributed by atoms with Crippen molar-refractivity contribution in [2.75, 3.05) is 0 Å². The molecule has 0 aliphatic rings. The zero-order valence-electron chi connectivity index (χ0n) is 20.0. The number of aliphatic hydroxyl groups excluding tert-OH is 1. The van der Waals surface area contributed by atoms with E-state index in [0.717, 1.165) is 29.7 Å². The molecule has 2 heterocycles. The Labute approximate surface area is 204 Å². The number of aromatic nitrogens is 2. The second kappa shape index (κ2) is 12.0. The van der Waals surface area contributed by atoms with Crippen LogP contribution in [0.25, 0.3) is 5.69 Å². The highest BCUT2D eigenvalue weighted by molar-refractivity contribution is 7.13. The van der Waals surface area contributed by atoms with Crippen LogP contribution < -0.4 is 5.69 Å². The van der Waals surface area contributed by atoms with Gasteiger partial charge in [0.15, 0.2) is 0 Å². The molecule has 1 unspecified atom stereocenters. The van der Waals surface area contributed by atoms with Crippen molar-refractivity contribution in [2.45, 2.75) is 77.9 Å². The van der Waals surface area contributed by atoms with Gasteiger partial charge < -0.3 is 14.9 Å². The molecule has 0 fully saturated rings. The Morgan fingerprint density at radius 2 is 1.82 bits per heavy atom.